The number of hydrogen-bond donors (Lipinski definition) is 1. The molecule has 6 rings (SSSR count). The van der Waals surface area contributed by atoms with Crippen LogP contribution in [0.2, 0.25) is 5.02 Å². The van der Waals surface area contributed by atoms with Crippen molar-refractivity contribution in [2.45, 2.75) is 74.9 Å². The lowest BCUT2D eigenvalue weighted by Gasteiger charge is -2.39. The first-order valence-corrected chi connectivity index (χ1v) is 14.7. The Bertz CT molecular complexity index is 1420. The standard InChI is InChI=1S/C30H31ClF4N4O3/c31-18-13-21(24(25(33)34)36-15-18)26(40)37-20-4-1-17(2-5-20)16-39-23-14-19(32)3-6-22(23)29(27(39)41)9-11-38(12-10-29)28(42)30(35)7-8-30/h3,6,13-15,17,20,25H,1-2,4-5,7-12,16H2,(H,37,40)/t17-,20-. The minimum absolute atomic E-state index is 0.0840. The predicted octanol–water partition coefficient (Wildman–Crippen LogP) is 5.51. The van der Waals surface area contributed by atoms with Crippen LogP contribution in [0.5, 0.6) is 0 Å². The number of halogens is 5. The molecule has 4 aliphatic rings. The Hall–Kier alpha value is -3.21. The molecule has 3 heterocycles. The maximum Gasteiger partial charge on any atom is 0.281 e. The molecule has 2 aromatic rings. The molecule has 2 aliphatic heterocycles. The number of pyridine rings is 1. The van der Waals surface area contributed by atoms with Crippen LogP contribution in [0.25, 0.3) is 0 Å². The summed E-state index contributed by atoms with van der Waals surface area (Å²) in [5, 5.41) is 2.91. The first kappa shape index (κ1) is 28.9. The highest BCUT2D eigenvalue weighted by Crippen LogP contribution is 2.50. The number of hydrogen-bond acceptors (Lipinski definition) is 4. The van der Waals surface area contributed by atoms with Crippen molar-refractivity contribution in [1.82, 2.24) is 15.2 Å². The maximum atomic E-state index is 14.4. The van der Waals surface area contributed by atoms with Crippen LogP contribution in [0.1, 0.15) is 79.4 Å². The molecule has 1 N–H and O–H groups in total. The lowest BCUT2D eigenvalue weighted by Crippen LogP contribution is -2.52. The molecule has 0 bridgehead atoms. The third-order valence-corrected chi connectivity index (χ3v) is 9.56. The minimum Gasteiger partial charge on any atom is -0.349 e. The molecule has 42 heavy (non-hydrogen) atoms. The number of rotatable bonds is 6. The quantitative estimate of drug-likeness (QED) is 0.440. The van der Waals surface area contributed by atoms with E-state index in [0.717, 1.165) is 11.8 Å². The molecule has 1 aromatic heterocycles. The fourth-order valence-corrected chi connectivity index (χ4v) is 6.95. The lowest BCUT2D eigenvalue weighted by atomic mass is 9.73. The van der Waals surface area contributed by atoms with Crippen molar-refractivity contribution in [2.24, 2.45) is 5.92 Å². The van der Waals surface area contributed by atoms with Gasteiger partial charge in [0.1, 0.15) is 11.5 Å². The van der Waals surface area contributed by atoms with Crippen molar-refractivity contribution in [3.63, 3.8) is 0 Å². The summed E-state index contributed by atoms with van der Waals surface area (Å²) in [6, 6.07) is 5.33. The van der Waals surface area contributed by atoms with Gasteiger partial charge in [-0.3, -0.25) is 19.4 Å². The van der Waals surface area contributed by atoms with Crippen molar-refractivity contribution >= 4 is 35.0 Å². The van der Waals surface area contributed by atoms with E-state index in [4.69, 9.17) is 11.6 Å². The molecule has 2 aliphatic carbocycles. The molecule has 0 radical (unpaired) electrons. The van der Waals surface area contributed by atoms with E-state index in [-0.39, 0.29) is 54.4 Å². The highest BCUT2D eigenvalue weighted by atomic mass is 35.5. The number of amides is 3. The summed E-state index contributed by atoms with van der Waals surface area (Å²) in [5.41, 5.74) is -2.24. The molecular weight excluding hydrogens is 576 g/mol. The average Bonchev–Trinajstić information content (AvgIpc) is 3.69. The number of benzene rings is 1. The van der Waals surface area contributed by atoms with Crippen molar-refractivity contribution in [1.29, 1.82) is 0 Å². The SMILES string of the molecule is O=C(N[C@H]1CC[C@H](CN2C(=O)C3(CCN(C(=O)C4(F)CC4)CC3)c3ccc(F)cc32)CC1)c1cc(Cl)cnc1C(F)F. The molecular formula is C30H31ClF4N4O3. The highest BCUT2D eigenvalue weighted by Gasteiger charge is 2.57. The molecule has 3 amide bonds. The van der Waals surface area contributed by atoms with Gasteiger partial charge in [-0.25, -0.2) is 17.6 Å². The van der Waals surface area contributed by atoms with Crippen molar-refractivity contribution in [3.05, 3.63) is 58.1 Å². The second kappa shape index (κ2) is 10.8. The Kier molecular flexibility index (Phi) is 7.43. The largest absolute Gasteiger partial charge is 0.349 e. The van der Waals surface area contributed by atoms with Gasteiger partial charge in [-0.1, -0.05) is 17.7 Å². The molecule has 1 saturated heterocycles. The summed E-state index contributed by atoms with van der Waals surface area (Å²) in [7, 11) is 0. The van der Waals surface area contributed by atoms with Gasteiger partial charge in [-0.2, -0.15) is 0 Å². The third kappa shape index (κ3) is 5.14. The van der Waals surface area contributed by atoms with E-state index >= 15 is 0 Å². The fourth-order valence-electron chi connectivity index (χ4n) is 6.80. The molecule has 7 nitrogen and oxygen atoms in total. The zero-order valence-corrected chi connectivity index (χ0v) is 23.6. The summed E-state index contributed by atoms with van der Waals surface area (Å²) >= 11 is 5.89. The summed E-state index contributed by atoms with van der Waals surface area (Å²) in [6.07, 6.45) is 1.84. The number of alkyl halides is 3. The fraction of sp³-hybridized carbons (Fsp3) is 0.533. The molecule has 12 heteroatoms. The van der Waals surface area contributed by atoms with E-state index in [2.05, 4.69) is 10.3 Å². The minimum atomic E-state index is -2.92. The average molecular weight is 607 g/mol. The van der Waals surface area contributed by atoms with E-state index in [9.17, 15) is 31.9 Å². The number of nitrogens with zero attached hydrogens (tertiary/aromatic N) is 3. The van der Waals surface area contributed by atoms with E-state index in [0.29, 0.717) is 50.8 Å². The molecule has 0 atom stereocenters. The number of fused-ring (bicyclic) bond motifs is 2. The van der Waals surface area contributed by atoms with Gasteiger partial charge in [0.2, 0.25) is 5.91 Å². The summed E-state index contributed by atoms with van der Waals surface area (Å²) in [4.78, 5) is 46.1. The number of likely N-dealkylation sites (tertiary alicyclic amines) is 1. The maximum absolute atomic E-state index is 14.4. The van der Waals surface area contributed by atoms with Gasteiger partial charge in [-0.05, 0) is 81.0 Å². The second-order valence-electron chi connectivity index (χ2n) is 12.0. The molecule has 1 aromatic carbocycles. The van der Waals surface area contributed by atoms with Gasteiger partial charge < -0.3 is 15.1 Å². The molecule has 2 saturated carbocycles. The zero-order valence-electron chi connectivity index (χ0n) is 22.9. The van der Waals surface area contributed by atoms with E-state index in [1.807, 2.05) is 0 Å². The summed E-state index contributed by atoms with van der Waals surface area (Å²) in [6.45, 7) is 0.907. The van der Waals surface area contributed by atoms with Gasteiger partial charge >= 0.3 is 0 Å². The number of piperidine rings is 1. The van der Waals surface area contributed by atoms with Crippen LogP contribution in [0, 0.1) is 11.7 Å². The van der Waals surface area contributed by atoms with Crippen LogP contribution < -0.4 is 10.2 Å². The van der Waals surface area contributed by atoms with Crippen molar-refractivity contribution in [3.8, 4) is 0 Å². The number of carbonyl (C=O) groups excluding carboxylic acids is 3. The molecule has 0 unspecified atom stereocenters. The Morgan fingerprint density at radius 2 is 1.76 bits per heavy atom. The van der Waals surface area contributed by atoms with Crippen LogP contribution in [-0.4, -0.2) is 59.0 Å². The first-order chi connectivity index (χ1) is 20.0. The Morgan fingerprint density at radius 1 is 1.07 bits per heavy atom. The van der Waals surface area contributed by atoms with Crippen LogP contribution >= 0.6 is 11.6 Å². The van der Waals surface area contributed by atoms with Gasteiger partial charge in [0.05, 0.1) is 21.7 Å². The topological polar surface area (TPSA) is 82.6 Å². The van der Waals surface area contributed by atoms with Gasteiger partial charge in [0, 0.05) is 31.9 Å². The highest BCUT2D eigenvalue weighted by molar-refractivity contribution is 6.30. The molecule has 224 valence electrons. The van der Waals surface area contributed by atoms with E-state index in [1.165, 1.54) is 23.1 Å². The molecule has 3 fully saturated rings. The van der Waals surface area contributed by atoms with Crippen LogP contribution in [0.4, 0.5) is 23.2 Å². The zero-order chi connectivity index (χ0) is 29.8. The smallest absolute Gasteiger partial charge is 0.281 e. The van der Waals surface area contributed by atoms with Crippen LogP contribution in [0.3, 0.4) is 0 Å². The first-order valence-electron chi connectivity index (χ1n) is 14.4. The second-order valence-corrected chi connectivity index (χ2v) is 12.4. The molecule has 1 spiro atoms. The number of carbonyl (C=O) groups is 3. The number of anilines is 1. The van der Waals surface area contributed by atoms with Crippen LogP contribution in [-0.2, 0) is 15.0 Å². The Morgan fingerprint density at radius 3 is 2.40 bits per heavy atom. The number of nitrogens with one attached hydrogen (secondary N) is 1. The van der Waals surface area contributed by atoms with Gasteiger partial charge in [0.15, 0.2) is 5.67 Å². The van der Waals surface area contributed by atoms with Crippen LogP contribution in [0.15, 0.2) is 30.5 Å². The summed E-state index contributed by atoms with van der Waals surface area (Å²) in [5.74, 6) is -1.65. The van der Waals surface area contributed by atoms with Gasteiger partial charge in [0.25, 0.3) is 18.2 Å². The van der Waals surface area contributed by atoms with Crippen molar-refractivity contribution < 1.29 is 31.9 Å². The normalized spacial score (nSPS) is 24.2. The summed E-state index contributed by atoms with van der Waals surface area (Å²) < 4.78 is 55.5. The Labute approximate surface area is 245 Å². The van der Waals surface area contributed by atoms with E-state index < -0.39 is 40.8 Å². The van der Waals surface area contributed by atoms with Crippen molar-refractivity contribution in [2.75, 3.05) is 24.5 Å². The third-order valence-electron chi connectivity index (χ3n) is 9.36. The lowest BCUT2D eigenvalue weighted by molar-refractivity contribution is -0.141. The number of aromatic nitrogens is 1. The van der Waals surface area contributed by atoms with E-state index in [1.54, 1.807) is 11.0 Å². The Balaban J connectivity index is 1.11. The predicted molar refractivity (Wildman–Crippen MR) is 147 cm³/mol. The monoisotopic (exact) mass is 606 g/mol. The van der Waals surface area contributed by atoms with Gasteiger partial charge in [-0.15, -0.1) is 0 Å².